The fourth-order valence-electron chi connectivity index (χ4n) is 1.81. The predicted octanol–water partition coefficient (Wildman–Crippen LogP) is 3.64. The van der Waals surface area contributed by atoms with Crippen molar-refractivity contribution in [3.05, 3.63) is 35.5 Å². The van der Waals surface area contributed by atoms with Crippen LogP contribution >= 0.6 is 11.6 Å². The minimum absolute atomic E-state index is 0.0366. The molecule has 1 heterocycles. The van der Waals surface area contributed by atoms with Crippen molar-refractivity contribution < 1.29 is 26.9 Å². The van der Waals surface area contributed by atoms with Gasteiger partial charge in [0.05, 0.1) is 5.56 Å². The standard InChI is InChI=1S/C14H12ClF4N3O2/c15-5-1-2-6-20-12(23)9-4-3-8(7-10(9)16)11-21-13(24-22-11)14(17,18)19/h3-4,7H,1-2,5-6H2,(H,20,23). The van der Waals surface area contributed by atoms with Gasteiger partial charge in [-0.3, -0.25) is 4.79 Å². The van der Waals surface area contributed by atoms with E-state index in [4.69, 9.17) is 11.6 Å². The summed E-state index contributed by atoms with van der Waals surface area (Å²) in [5.74, 6) is -3.02. The van der Waals surface area contributed by atoms with Crippen LogP contribution in [0, 0.1) is 5.82 Å². The van der Waals surface area contributed by atoms with Crippen molar-refractivity contribution in [1.29, 1.82) is 0 Å². The van der Waals surface area contributed by atoms with E-state index in [0.29, 0.717) is 25.3 Å². The molecular formula is C14H12ClF4N3O2. The van der Waals surface area contributed by atoms with Crippen LogP contribution in [0.4, 0.5) is 17.6 Å². The lowest BCUT2D eigenvalue weighted by Gasteiger charge is -2.06. The number of alkyl halides is 4. The van der Waals surface area contributed by atoms with E-state index in [1.54, 1.807) is 0 Å². The summed E-state index contributed by atoms with van der Waals surface area (Å²) < 4.78 is 55.3. The first kappa shape index (κ1) is 18.2. The van der Waals surface area contributed by atoms with Crippen molar-refractivity contribution in [2.45, 2.75) is 19.0 Å². The van der Waals surface area contributed by atoms with Gasteiger partial charge in [0.25, 0.3) is 5.91 Å². The molecular weight excluding hydrogens is 354 g/mol. The summed E-state index contributed by atoms with van der Waals surface area (Å²) in [6.07, 6.45) is -3.42. The molecule has 0 saturated heterocycles. The van der Waals surface area contributed by atoms with Crippen molar-refractivity contribution in [3.8, 4) is 11.4 Å². The van der Waals surface area contributed by atoms with E-state index in [1.165, 1.54) is 6.07 Å². The van der Waals surface area contributed by atoms with E-state index < -0.39 is 29.6 Å². The molecule has 1 N–H and O–H groups in total. The Balaban J connectivity index is 2.12. The van der Waals surface area contributed by atoms with Crippen LogP contribution in [-0.4, -0.2) is 28.5 Å². The molecule has 0 atom stereocenters. The number of amides is 1. The van der Waals surface area contributed by atoms with Crippen LogP contribution in [0.5, 0.6) is 0 Å². The summed E-state index contributed by atoms with van der Waals surface area (Å²) in [6, 6.07) is 3.26. The second-order valence-electron chi connectivity index (χ2n) is 4.77. The third kappa shape index (κ3) is 4.44. The molecule has 0 bridgehead atoms. The molecule has 130 valence electrons. The van der Waals surface area contributed by atoms with Crippen LogP contribution in [0.25, 0.3) is 11.4 Å². The third-order valence-electron chi connectivity index (χ3n) is 2.99. The summed E-state index contributed by atoms with van der Waals surface area (Å²) in [6.45, 7) is 0.340. The topological polar surface area (TPSA) is 68.0 Å². The summed E-state index contributed by atoms with van der Waals surface area (Å²) in [4.78, 5) is 15.0. The van der Waals surface area contributed by atoms with E-state index in [2.05, 4.69) is 20.0 Å². The van der Waals surface area contributed by atoms with Gasteiger partial charge in [-0.15, -0.1) is 11.6 Å². The lowest BCUT2D eigenvalue weighted by molar-refractivity contribution is -0.159. The molecule has 0 aliphatic rings. The predicted molar refractivity (Wildman–Crippen MR) is 77.0 cm³/mol. The molecule has 1 aromatic heterocycles. The SMILES string of the molecule is O=C(NCCCCCl)c1ccc(-c2noc(C(F)(F)F)n2)cc1F. The highest BCUT2D eigenvalue weighted by Gasteiger charge is 2.38. The Labute approximate surface area is 139 Å². The lowest BCUT2D eigenvalue weighted by Crippen LogP contribution is -2.25. The van der Waals surface area contributed by atoms with Crippen LogP contribution < -0.4 is 5.32 Å². The first-order valence-electron chi connectivity index (χ1n) is 6.88. The summed E-state index contributed by atoms with van der Waals surface area (Å²) in [5, 5.41) is 5.67. The maximum absolute atomic E-state index is 14.0. The van der Waals surface area contributed by atoms with Crippen LogP contribution in [0.15, 0.2) is 22.7 Å². The maximum Gasteiger partial charge on any atom is 0.471 e. The number of hydrogen-bond donors (Lipinski definition) is 1. The zero-order valence-electron chi connectivity index (χ0n) is 12.2. The van der Waals surface area contributed by atoms with E-state index in [9.17, 15) is 22.4 Å². The zero-order chi connectivity index (χ0) is 17.7. The maximum atomic E-state index is 14.0. The highest BCUT2D eigenvalue weighted by Crippen LogP contribution is 2.29. The molecule has 0 radical (unpaired) electrons. The number of carbonyl (C=O) groups is 1. The molecule has 1 aromatic carbocycles. The van der Waals surface area contributed by atoms with E-state index in [1.807, 2.05) is 0 Å². The first-order valence-corrected chi connectivity index (χ1v) is 7.41. The largest absolute Gasteiger partial charge is 0.471 e. The molecule has 24 heavy (non-hydrogen) atoms. The Morgan fingerprint density at radius 1 is 1.29 bits per heavy atom. The Morgan fingerprint density at radius 3 is 2.62 bits per heavy atom. The normalized spacial score (nSPS) is 11.5. The quantitative estimate of drug-likeness (QED) is 0.482. The number of carbonyl (C=O) groups excluding carboxylic acids is 1. The molecule has 0 aliphatic carbocycles. The van der Waals surface area contributed by atoms with Crippen molar-refractivity contribution in [2.24, 2.45) is 0 Å². The van der Waals surface area contributed by atoms with Crippen LogP contribution in [0.2, 0.25) is 0 Å². The summed E-state index contributed by atoms with van der Waals surface area (Å²) in [5.41, 5.74) is -0.269. The van der Waals surface area contributed by atoms with Gasteiger partial charge in [0.1, 0.15) is 5.82 Å². The molecule has 0 saturated carbocycles. The number of halogens is 5. The fourth-order valence-corrected chi connectivity index (χ4v) is 2.00. The molecule has 0 unspecified atom stereocenters. The molecule has 0 spiro atoms. The average Bonchev–Trinajstić information content (AvgIpc) is 3.01. The van der Waals surface area contributed by atoms with Crippen LogP contribution in [0.3, 0.4) is 0 Å². The number of rotatable bonds is 6. The molecule has 0 aliphatic heterocycles. The number of hydrogen-bond acceptors (Lipinski definition) is 4. The average molecular weight is 366 g/mol. The van der Waals surface area contributed by atoms with Gasteiger partial charge in [-0.05, 0) is 25.0 Å². The van der Waals surface area contributed by atoms with Gasteiger partial charge in [-0.1, -0.05) is 11.2 Å². The van der Waals surface area contributed by atoms with Crippen molar-refractivity contribution in [1.82, 2.24) is 15.5 Å². The van der Waals surface area contributed by atoms with Gasteiger partial charge in [-0.2, -0.15) is 18.2 Å². The van der Waals surface area contributed by atoms with Gasteiger partial charge in [0.2, 0.25) is 5.82 Å². The molecule has 2 rings (SSSR count). The Kier molecular flexibility index (Phi) is 5.76. The lowest BCUT2D eigenvalue weighted by atomic mass is 10.1. The monoisotopic (exact) mass is 365 g/mol. The number of nitrogens with zero attached hydrogens (tertiary/aromatic N) is 2. The Morgan fingerprint density at radius 2 is 2.04 bits per heavy atom. The minimum atomic E-state index is -4.79. The van der Waals surface area contributed by atoms with Crippen molar-refractivity contribution in [3.63, 3.8) is 0 Å². The number of aromatic nitrogens is 2. The fraction of sp³-hybridized carbons (Fsp3) is 0.357. The summed E-state index contributed by atoms with van der Waals surface area (Å²) >= 11 is 5.50. The van der Waals surface area contributed by atoms with Crippen LogP contribution in [0.1, 0.15) is 29.1 Å². The third-order valence-corrected chi connectivity index (χ3v) is 3.25. The Bertz CT molecular complexity index is 718. The van der Waals surface area contributed by atoms with Crippen molar-refractivity contribution in [2.75, 3.05) is 12.4 Å². The number of benzene rings is 1. The zero-order valence-corrected chi connectivity index (χ0v) is 12.9. The number of unbranched alkanes of at least 4 members (excludes halogenated alkanes) is 1. The molecule has 0 fully saturated rings. The van der Waals surface area contributed by atoms with Gasteiger partial charge >= 0.3 is 12.1 Å². The van der Waals surface area contributed by atoms with Crippen molar-refractivity contribution >= 4 is 17.5 Å². The highest BCUT2D eigenvalue weighted by molar-refractivity contribution is 6.17. The Hall–Kier alpha value is -2.16. The first-order chi connectivity index (χ1) is 11.3. The van der Waals surface area contributed by atoms with E-state index in [0.717, 1.165) is 12.1 Å². The molecule has 10 heteroatoms. The van der Waals surface area contributed by atoms with E-state index >= 15 is 0 Å². The number of nitrogens with one attached hydrogen (secondary N) is 1. The van der Waals surface area contributed by atoms with Gasteiger partial charge in [-0.25, -0.2) is 4.39 Å². The smallest absolute Gasteiger partial charge is 0.352 e. The molecule has 5 nitrogen and oxygen atoms in total. The van der Waals surface area contributed by atoms with Gasteiger partial charge in [0.15, 0.2) is 0 Å². The van der Waals surface area contributed by atoms with Crippen LogP contribution in [-0.2, 0) is 6.18 Å². The highest BCUT2D eigenvalue weighted by atomic mass is 35.5. The second-order valence-corrected chi connectivity index (χ2v) is 5.15. The molecule has 2 aromatic rings. The van der Waals surface area contributed by atoms with Gasteiger partial charge < -0.3 is 9.84 Å². The summed E-state index contributed by atoms with van der Waals surface area (Å²) in [7, 11) is 0. The molecule has 1 amide bonds. The minimum Gasteiger partial charge on any atom is -0.352 e. The van der Waals surface area contributed by atoms with E-state index in [-0.39, 0.29) is 11.1 Å². The second kappa shape index (κ2) is 7.61. The van der Waals surface area contributed by atoms with Gasteiger partial charge in [0, 0.05) is 18.0 Å².